The van der Waals surface area contributed by atoms with E-state index in [9.17, 15) is 9.18 Å². The number of hydrogen-bond donors (Lipinski definition) is 0. The second-order valence-corrected chi connectivity index (χ2v) is 5.60. The fourth-order valence-corrected chi connectivity index (χ4v) is 2.23. The molecule has 0 N–H and O–H groups in total. The van der Waals surface area contributed by atoms with E-state index >= 15 is 0 Å². The summed E-state index contributed by atoms with van der Waals surface area (Å²) in [7, 11) is 1.67. The molecule has 0 atom stereocenters. The maximum absolute atomic E-state index is 12.8. The monoisotopic (exact) mass is 309 g/mol. The molecule has 0 bridgehead atoms. The van der Waals surface area contributed by atoms with Crippen LogP contribution in [0.3, 0.4) is 0 Å². The zero-order valence-electron chi connectivity index (χ0n) is 13.8. The number of halogens is 1. The maximum Gasteiger partial charge on any atom is 0.252 e. The molecule has 3 nitrogen and oxygen atoms in total. The van der Waals surface area contributed by atoms with Gasteiger partial charge < -0.3 is 9.64 Å². The Morgan fingerprint density at radius 3 is 2.27 bits per heavy atom. The fraction of sp³-hybridized carbons (Fsp3) is 0.611. The molecule has 4 heteroatoms. The molecule has 0 aliphatic rings. The van der Waals surface area contributed by atoms with Gasteiger partial charge in [0.25, 0.3) is 5.91 Å². The number of nitrogens with zero attached hydrogens (tertiary/aromatic N) is 1. The molecule has 0 radical (unpaired) electrons. The third kappa shape index (κ3) is 7.55. The third-order valence-corrected chi connectivity index (χ3v) is 3.71. The molecule has 0 fully saturated rings. The van der Waals surface area contributed by atoms with Crippen molar-refractivity contribution in [2.45, 2.75) is 51.9 Å². The van der Waals surface area contributed by atoms with Crippen LogP contribution in [0.2, 0.25) is 0 Å². The van der Waals surface area contributed by atoms with Gasteiger partial charge in [-0.05, 0) is 30.7 Å². The lowest BCUT2D eigenvalue weighted by molar-refractivity contribution is -0.122. The molecule has 1 aromatic rings. The average molecular weight is 309 g/mol. The molecule has 0 unspecified atom stereocenters. The van der Waals surface area contributed by atoms with Gasteiger partial charge in [-0.25, -0.2) is 4.39 Å². The van der Waals surface area contributed by atoms with Gasteiger partial charge in [0.2, 0.25) is 0 Å². The van der Waals surface area contributed by atoms with Crippen LogP contribution in [0, 0.1) is 5.82 Å². The van der Waals surface area contributed by atoms with Crippen LogP contribution in [0.25, 0.3) is 0 Å². The van der Waals surface area contributed by atoms with E-state index in [0.29, 0.717) is 12.3 Å². The molecule has 0 aliphatic carbocycles. The molecule has 0 spiro atoms. The Morgan fingerprint density at radius 2 is 1.64 bits per heavy atom. The summed E-state index contributed by atoms with van der Waals surface area (Å²) in [4.78, 5) is 13.4. The second-order valence-electron chi connectivity index (χ2n) is 5.60. The van der Waals surface area contributed by atoms with E-state index < -0.39 is 0 Å². The molecule has 1 aromatic carbocycles. The van der Waals surface area contributed by atoms with E-state index in [2.05, 4.69) is 6.92 Å². The van der Waals surface area contributed by atoms with E-state index in [-0.39, 0.29) is 18.3 Å². The summed E-state index contributed by atoms with van der Waals surface area (Å²) in [5.74, 6) is -0.422. The van der Waals surface area contributed by atoms with E-state index in [0.717, 1.165) is 12.8 Å². The predicted molar refractivity (Wildman–Crippen MR) is 88.6 cm³/mol. The molecule has 1 rings (SSSR count). The van der Waals surface area contributed by atoms with Crippen LogP contribution in [-0.2, 0) is 9.53 Å². The molecular weight excluding hydrogens is 281 g/mol. The number of amides is 1. The lowest BCUT2D eigenvalue weighted by Crippen LogP contribution is -2.30. The number of unbranched alkanes of at least 4 members (excludes halogenated alkanes) is 6. The first-order valence-corrected chi connectivity index (χ1v) is 8.25. The lowest BCUT2D eigenvalue weighted by atomic mass is 10.1. The van der Waals surface area contributed by atoms with Crippen molar-refractivity contribution in [1.82, 2.24) is 0 Å². The Bertz CT molecular complexity index is 420. The van der Waals surface area contributed by atoms with Gasteiger partial charge in [-0.15, -0.1) is 0 Å². The van der Waals surface area contributed by atoms with Crippen molar-refractivity contribution in [2.24, 2.45) is 0 Å². The zero-order chi connectivity index (χ0) is 16.2. The first kappa shape index (κ1) is 18.6. The van der Waals surface area contributed by atoms with Crippen LogP contribution in [0.15, 0.2) is 24.3 Å². The Labute approximate surface area is 133 Å². The van der Waals surface area contributed by atoms with Gasteiger partial charge in [0.15, 0.2) is 0 Å². The minimum atomic E-state index is -0.306. The van der Waals surface area contributed by atoms with Crippen molar-refractivity contribution < 1.29 is 13.9 Å². The Hall–Kier alpha value is -1.42. The van der Waals surface area contributed by atoms with Crippen molar-refractivity contribution in [3.8, 4) is 0 Å². The summed E-state index contributed by atoms with van der Waals surface area (Å²) in [6, 6.07) is 5.87. The molecule has 0 saturated heterocycles. The molecule has 0 heterocycles. The molecular formula is C18H28FNO2. The predicted octanol–water partition coefficient (Wildman–Crippen LogP) is 4.56. The average Bonchev–Trinajstić information content (AvgIpc) is 2.53. The Kier molecular flexibility index (Phi) is 9.47. The fourth-order valence-electron chi connectivity index (χ4n) is 2.23. The largest absolute Gasteiger partial charge is 0.372 e. The standard InChI is InChI=1S/C18H28FNO2/c1-3-4-5-6-7-8-9-14-22-15-18(21)20(2)17-12-10-16(19)11-13-17/h10-13H,3-9,14-15H2,1-2H3. The SMILES string of the molecule is CCCCCCCCCOCC(=O)N(C)c1ccc(F)cc1. The van der Waals surface area contributed by atoms with Crippen molar-refractivity contribution in [3.05, 3.63) is 30.1 Å². The highest BCUT2D eigenvalue weighted by Crippen LogP contribution is 2.13. The minimum Gasteiger partial charge on any atom is -0.372 e. The third-order valence-electron chi connectivity index (χ3n) is 3.71. The maximum atomic E-state index is 12.8. The summed E-state index contributed by atoms with van der Waals surface area (Å²) in [5.41, 5.74) is 0.672. The smallest absolute Gasteiger partial charge is 0.252 e. The van der Waals surface area contributed by atoms with E-state index in [1.807, 2.05) is 0 Å². The second kappa shape index (κ2) is 11.2. The molecule has 124 valence electrons. The van der Waals surface area contributed by atoms with Gasteiger partial charge in [0.1, 0.15) is 12.4 Å². The van der Waals surface area contributed by atoms with Gasteiger partial charge >= 0.3 is 0 Å². The van der Waals surface area contributed by atoms with Crippen molar-refractivity contribution in [1.29, 1.82) is 0 Å². The van der Waals surface area contributed by atoms with Crippen LogP contribution in [-0.4, -0.2) is 26.2 Å². The number of hydrogen-bond acceptors (Lipinski definition) is 2. The van der Waals surface area contributed by atoms with Crippen LogP contribution < -0.4 is 4.90 Å². The van der Waals surface area contributed by atoms with Gasteiger partial charge in [0, 0.05) is 19.3 Å². The Morgan fingerprint density at radius 1 is 1.05 bits per heavy atom. The van der Waals surface area contributed by atoms with E-state index in [4.69, 9.17) is 4.74 Å². The number of anilines is 1. The molecule has 0 saturated carbocycles. The molecule has 0 aromatic heterocycles. The molecule has 0 aliphatic heterocycles. The van der Waals surface area contributed by atoms with Crippen LogP contribution in [0.1, 0.15) is 51.9 Å². The summed E-state index contributed by atoms with van der Waals surface area (Å²) in [6.45, 7) is 2.91. The number of carbonyl (C=O) groups is 1. The number of carbonyl (C=O) groups excluding carboxylic acids is 1. The highest BCUT2D eigenvalue weighted by Gasteiger charge is 2.10. The summed E-state index contributed by atoms with van der Waals surface area (Å²) < 4.78 is 18.3. The molecule has 22 heavy (non-hydrogen) atoms. The lowest BCUT2D eigenvalue weighted by Gasteiger charge is -2.17. The van der Waals surface area contributed by atoms with Gasteiger partial charge in [-0.3, -0.25) is 4.79 Å². The molecule has 1 amide bonds. The van der Waals surface area contributed by atoms with E-state index in [1.54, 1.807) is 19.2 Å². The Balaban J connectivity index is 2.09. The first-order chi connectivity index (χ1) is 10.6. The number of likely N-dealkylation sites (N-methyl/N-ethyl adjacent to an activating group) is 1. The number of ether oxygens (including phenoxy) is 1. The zero-order valence-corrected chi connectivity index (χ0v) is 13.8. The van der Waals surface area contributed by atoms with Gasteiger partial charge in [-0.2, -0.15) is 0 Å². The summed E-state index contributed by atoms with van der Waals surface area (Å²) in [5, 5.41) is 0. The first-order valence-electron chi connectivity index (χ1n) is 8.25. The highest BCUT2D eigenvalue weighted by atomic mass is 19.1. The van der Waals surface area contributed by atoms with Crippen molar-refractivity contribution in [2.75, 3.05) is 25.2 Å². The number of benzene rings is 1. The quantitative estimate of drug-likeness (QED) is 0.561. The topological polar surface area (TPSA) is 29.5 Å². The van der Waals surface area contributed by atoms with Crippen LogP contribution in [0.5, 0.6) is 0 Å². The van der Waals surface area contributed by atoms with Crippen molar-refractivity contribution >= 4 is 11.6 Å². The van der Waals surface area contributed by atoms with Gasteiger partial charge in [0.05, 0.1) is 0 Å². The van der Waals surface area contributed by atoms with Crippen LogP contribution >= 0.6 is 0 Å². The summed E-state index contributed by atoms with van der Waals surface area (Å²) in [6.07, 6.45) is 8.60. The van der Waals surface area contributed by atoms with Crippen molar-refractivity contribution in [3.63, 3.8) is 0 Å². The normalized spacial score (nSPS) is 10.7. The van der Waals surface area contributed by atoms with Gasteiger partial charge in [-0.1, -0.05) is 45.4 Å². The van der Waals surface area contributed by atoms with Crippen LogP contribution in [0.4, 0.5) is 10.1 Å². The van der Waals surface area contributed by atoms with E-state index in [1.165, 1.54) is 49.1 Å². The number of rotatable bonds is 11. The highest BCUT2D eigenvalue weighted by molar-refractivity contribution is 5.93. The summed E-state index contributed by atoms with van der Waals surface area (Å²) >= 11 is 0. The minimum absolute atomic E-state index is 0.0731.